The van der Waals surface area contributed by atoms with Gasteiger partial charge in [0, 0.05) is 5.69 Å². The van der Waals surface area contributed by atoms with Crippen molar-refractivity contribution in [1.82, 2.24) is 0 Å². The monoisotopic (exact) mass is 409 g/mol. The van der Waals surface area contributed by atoms with E-state index in [4.69, 9.17) is 32.7 Å². The second-order valence-electron chi connectivity index (χ2n) is 5.78. The molecule has 0 aromatic heterocycles. The highest BCUT2D eigenvalue weighted by molar-refractivity contribution is 6.42. The Labute approximate surface area is 166 Å². The van der Waals surface area contributed by atoms with Gasteiger partial charge in [-0.1, -0.05) is 23.2 Å². The van der Waals surface area contributed by atoms with Crippen LogP contribution in [0.1, 0.15) is 34.6 Å². The molecule has 0 fully saturated rings. The van der Waals surface area contributed by atoms with Crippen LogP contribution in [0.25, 0.3) is 0 Å². The van der Waals surface area contributed by atoms with Gasteiger partial charge in [-0.2, -0.15) is 0 Å². The molecule has 0 aliphatic rings. The van der Waals surface area contributed by atoms with Gasteiger partial charge in [-0.3, -0.25) is 4.79 Å². The number of hydrogen-bond donors (Lipinski definition) is 1. The summed E-state index contributed by atoms with van der Waals surface area (Å²) in [5.41, 5.74) is 1.00. The minimum atomic E-state index is -0.699. The zero-order valence-corrected chi connectivity index (χ0v) is 16.1. The largest absolute Gasteiger partial charge is 0.459 e. The van der Waals surface area contributed by atoms with Crippen molar-refractivity contribution < 1.29 is 23.9 Å². The molecule has 0 spiro atoms. The first kappa shape index (κ1) is 20.7. The minimum Gasteiger partial charge on any atom is -0.459 e. The molecule has 0 heterocycles. The second kappa shape index (κ2) is 9.39. The minimum absolute atomic E-state index is 0.185. The van der Waals surface area contributed by atoms with Gasteiger partial charge in [-0.15, -0.1) is 0 Å². The summed E-state index contributed by atoms with van der Waals surface area (Å²) in [6.45, 7) is 3.04. The summed E-state index contributed by atoms with van der Waals surface area (Å²) in [7, 11) is 0. The number of carbonyl (C=O) groups is 3. The molecule has 0 saturated heterocycles. The van der Waals surface area contributed by atoms with Crippen LogP contribution in [0.4, 0.5) is 5.69 Å². The van der Waals surface area contributed by atoms with Crippen molar-refractivity contribution in [1.29, 1.82) is 0 Å². The topological polar surface area (TPSA) is 81.7 Å². The first-order valence-corrected chi connectivity index (χ1v) is 8.75. The van der Waals surface area contributed by atoms with Crippen molar-refractivity contribution in [2.45, 2.75) is 20.0 Å². The van der Waals surface area contributed by atoms with Crippen LogP contribution in [-0.4, -0.2) is 30.6 Å². The van der Waals surface area contributed by atoms with Crippen molar-refractivity contribution in [2.24, 2.45) is 0 Å². The molecule has 2 aromatic carbocycles. The molecule has 8 heteroatoms. The van der Waals surface area contributed by atoms with Crippen LogP contribution < -0.4 is 5.32 Å². The van der Waals surface area contributed by atoms with Gasteiger partial charge in [0.2, 0.25) is 0 Å². The standard InChI is InChI=1S/C19H17Cl2NO5/c1-11(2)27-19(25)12-3-6-14(7-4-12)22-17(23)10-26-18(24)13-5-8-15(20)16(21)9-13/h3-9,11H,10H2,1-2H3,(H,22,23). The fourth-order valence-electron chi connectivity index (χ4n) is 2.01. The van der Waals surface area contributed by atoms with E-state index in [1.54, 1.807) is 26.0 Å². The summed E-state index contributed by atoms with van der Waals surface area (Å²) in [5.74, 6) is -1.67. The van der Waals surface area contributed by atoms with E-state index >= 15 is 0 Å². The van der Waals surface area contributed by atoms with Crippen LogP contribution in [0.2, 0.25) is 10.0 Å². The summed E-state index contributed by atoms with van der Waals surface area (Å²) >= 11 is 11.6. The Bertz CT molecular complexity index is 850. The molecule has 0 aliphatic heterocycles. The van der Waals surface area contributed by atoms with E-state index in [1.807, 2.05) is 0 Å². The molecule has 6 nitrogen and oxygen atoms in total. The molecule has 0 aliphatic carbocycles. The average Bonchev–Trinajstić information content (AvgIpc) is 2.62. The zero-order valence-electron chi connectivity index (χ0n) is 14.6. The fraction of sp³-hybridized carbons (Fsp3) is 0.211. The van der Waals surface area contributed by atoms with E-state index in [-0.39, 0.29) is 16.7 Å². The molecule has 2 aromatic rings. The van der Waals surface area contributed by atoms with Gasteiger partial charge in [0.15, 0.2) is 6.61 Å². The van der Waals surface area contributed by atoms with Crippen LogP contribution in [-0.2, 0) is 14.3 Å². The summed E-state index contributed by atoms with van der Waals surface area (Å²) in [6.07, 6.45) is -0.220. The third-order valence-corrected chi connectivity index (χ3v) is 3.98. The SMILES string of the molecule is CC(C)OC(=O)c1ccc(NC(=O)COC(=O)c2ccc(Cl)c(Cl)c2)cc1. The van der Waals surface area contributed by atoms with E-state index in [2.05, 4.69) is 5.32 Å². The highest BCUT2D eigenvalue weighted by atomic mass is 35.5. The highest BCUT2D eigenvalue weighted by Gasteiger charge is 2.13. The van der Waals surface area contributed by atoms with E-state index in [1.165, 1.54) is 30.3 Å². The fourth-order valence-corrected chi connectivity index (χ4v) is 2.30. The quantitative estimate of drug-likeness (QED) is 0.716. The number of carbonyl (C=O) groups excluding carboxylic acids is 3. The molecule has 142 valence electrons. The number of amides is 1. The maximum Gasteiger partial charge on any atom is 0.338 e. The van der Waals surface area contributed by atoms with E-state index in [9.17, 15) is 14.4 Å². The third-order valence-electron chi connectivity index (χ3n) is 3.24. The third kappa shape index (κ3) is 6.27. The van der Waals surface area contributed by atoms with Crippen LogP contribution in [0.15, 0.2) is 42.5 Å². The molecule has 0 atom stereocenters. The first-order chi connectivity index (χ1) is 12.8. The van der Waals surface area contributed by atoms with Crippen molar-refractivity contribution in [3.63, 3.8) is 0 Å². The van der Waals surface area contributed by atoms with Gasteiger partial charge in [0.25, 0.3) is 5.91 Å². The highest BCUT2D eigenvalue weighted by Crippen LogP contribution is 2.22. The smallest absolute Gasteiger partial charge is 0.338 e. The molecule has 1 amide bonds. The van der Waals surface area contributed by atoms with E-state index in [0.29, 0.717) is 16.3 Å². The molecule has 0 saturated carbocycles. The first-order valence-electron chi connectivity index (χ1n) is 7.99. The van der Waals surface area contributed by atoms with Gasteiger partial charge >= 0.3 is 11.9 Å². The summed E-state index contributed by atoms with van der Waals surface area (Å²) < 4.78 is 10.0. The van der Waals surface area contributed by atoms with Gasteiger partial charge < -0.3 is 14.8 Å². The average molecular weight is 410 g/mol. The predicted octanol–water partition coefficient (Wildman–Crippen LogP) is 4.35. The molecule has 2 rings (SSSR count). The molecule has 1 N–H and O–H groups in total. The molecular formula is C19H17Cl2NO5. The Morgan fingerprint density at radius 1 is 0.926 bits per heavy atom. The molecular weight excluding hydrogens is 393 g/mol. The normalized spacial score (nSPS) is 10.4. The molecule has 0 radical (unpaired) electrons. The molecule has 27 heavy (non-hydrogen) atoms. The number of rotatable bonds is 6. The maximum atomic E-state index is 11.9. The Morgan fingerprint density at radius 3 is 2.15 bits per heavy atom. The van der Waals surface area contributed by atoms with Crippen LogP contribution in [0.3, 0.4) is 0 Å². The van der Waals surface area contributed by atoms with Crippen LogP contribution in [0, 0.1) is 0 Å². The number of anilines is 1. The second-order valence-corrected chi connectivity index (χ2v) is 6.60. The number of halogens is 2. The predicted molar refractivity (Wildman–Crippen MR) is 102 cm³/mol. The Balaban J connectivity index is 1.87. The van der Waals surface area contributed by atoms with Crippen molar-refractivity contribution >= 4 is 46.7 Å². The summed E-state index contributed by atoms with van der Waals surface area (Å²) in [6, 6.07) is 10.4. The van der Waals surface area contributed by atoms with Gasteiger partial charge in [-0.05, 0) is 56.3 Å². The van der Waals surface area contributed by atoms with Crippen LogP contribution >= 0.6 is 23.2 Å². The lowest BCUT2D eigenvalue weighted by Gasteiger charge is -2.09. The lowest BCUT2D eigenvalue weighted by Crippen LogP contribution is -2.21. The van der Waals surface area contributed by atoms with E-state index < -0.39 is 24.5 Å². The Hall–Kier alpha value is -2.57. The lowest BCUT2D eigenvalue weighted by atomic mass is 10.2. The lowest BCUT2D eigenvalue weighted by molar-refractivity contribution is -0.119. The van der Waals surface area contributed by atoms with Crippen molar-refractivity contribution in [3.8, 4) is 0 Å². The van der Waals surface area contributed by atoms with Crippen molar-refractivity contribution in [2.75, 3.05) is 11.9 Å². The molecule has 0 bridgehead atoms. The molecule has 0 unspecified atom stereocenters. The van der Waals surface area contributed by atoms with Gasteiger partial charge in [0.1, 0.15) is 0 Å². The van der Waals surface area contributed by atoms with E-state index in [0.717, 1.165) is 0 Å². The number of hydrogen-bond acceptors (Lipinski definition) is 5. The number of esters is 2. The van der Waals surface area contributed by atoms with Gasteiger partial charge in [-0.25, -0.2) is 9.59 Å². The van der Waals surface area contributed by atoms with Crippen LogP contribution in [0.5, 0.6) is 0 Å². The number of ether oxygens (including phenoxy) is 2. The van der Waals surface area contributed by atoms with Gasteiger partial charge in [0.05, 0.1) is 27.3 Å². The Morgan fingerprint density at radius 2 is 1.56 bits per heavy atom. The Kier molecular flexibility index (Phi) is 7.21. The number of benzene rings is 2. The number of nitrogens with one attached hydrogen (secondary N) is 1. The summed E-state index contributed by atoms with van der Waals surface area (Å²) in [4.78, 5) is 35.6. The van der Waals surface area contributed by atoms with Crippen molar-refractivity contribution in [3.05, 3.63) is 63.6 Å². The maximum absolute atomic E-state index is 11.9. The zero-order chi connectivity index (χ0) is 20.0. The summed E-state index contributed by atoms with van der Waals surface area (Å²) in [5, 5.41) is 3.09.